The maximum Gasteiger partial charge on any atom is 0.177 e. The number of benzene rings is 2. The largest absolute Gasteiger partial charge is 0.337 e. The molecule has 1 N–H and O–H groups in total. The van der Waals surface area contributed by atoms with E-state index in [-0.39, 0.29) is 11.4 Å². The fourth-order valence-corrected chi connectivity index (χ4v) is 2.79. The average molecular weight is 336 g/mol. The van der Waals surface area contributed by atoms with Crippen LogP contribution in [0.3, 0.4) is 0 Å². The number of nitrogens with zero attached hydrogens (tertiary/aromatic N) is 5. The molecule has 4 rings (SSSR count). The lowest BCUT2D eigenvalue weighted by Gasteiger charge is -2.07. The van der Waals surface area contributed by atoms with Gasteiger partial charge in [-0.25, -0.2) is 15.0 Å². The molecule has 0 radical (unpaired) electrons. The Morgan fingerprint density at radius 1 is 0.808 bits per heavy atom. The second kappa shape index (κ2) is 6.46. The van der Waals surface area contributed by atoms with Crippen LogP contribution in [0.5, 0.6) is 0 Å². The summed E-state index contributed by atoms with van der Waals surface area (Å²) in [5, 5.41) is 18.6. The van der Waals surface area contributed by atoms with Crippen LogP contribution in [0.15, 0.2) is 54.6 Å². The van der Waals surface area contributed by atoms with E-state index in [1.54, 1.807) is 0 Å². The van der Waals surface area contributed by atoms with Gasteiger partial charge in [0.2, 0.25) is 0 Å². The molecule has 122 valence electrons. The minimum Gasteiger partial charge on any atom is -0.337 e. The molecule has 0 fully saturated rings. The van der Waals surface area contributed by atoms with E-state index >= 15 is 0 Å². The van der Waals surface area contributed by atoms with E-state index in [4.69, 9.17) is 0 Å². The van der Waals surface area contributed by atoms with Crippen LogP contribution in [-0.2, 0) is 6.42 Å². The molecule has 2 aromatic heterocycles. The lowest BCUT2D eigenvalue weighted by molar-refractivity contribution is 0.998. The Labute approximate surface area is 149 Å². The second-order valence-electron chi connectivity index (χ2n) is 5.70. The molecule has 0 aliphatic heterocycles. The van der Waals surface area contributed by atoms with Gasteiger partial charge >= 0.3 is 0 Å². The third-order valence-corrected chi connectivity index (χ3v) is 4.01. The molecule has 2 aromatic carbocycles. The molecule has 6 heteroatoms. The van der Waals surface area contributed by atoms with Crippen molar-refractivity contribution in [3.05, 3.63) is 77.2 Å². The van der Waals surface area contributed by atoms with Gasteiger partial charge in [-0.2, -0.15) is 10.5 Å². The van der Waals surface area contributed by atoms with Crippen LogP contribution in [0.4, 0.5) is 0 Å². The molecule has 0 bridgehead atoms. The third kappa shape index (κ3) is 2.77. The molecule has 2 heterocycles. The van der Waals surface area contributed by atoms with Crippen LogP contribution in [0.25, 0.3) is 22.6 Å². The van der Waals surface area contributed by atoms with Gasteiger partial charge in [-0.15, -0.1) is 0 Å². The molecule has 0 atom stereocenters. The van der Waals surface area contributed by atoms with Crippen molar-refractivity contribution in [2.75, 3.05) is 0 Å². The van der Waals surface area contributed by atoms with Crippen molar-refractivity contribution in [2.45, 2.75) is 6.42 Å². The van der Waals surface area contributed by atoms with E-state index in [9.17, 15) is 10.5 Å². The summed E-state index contributed by atoms with van der Waals surface area (Å²) < 4.78 is 0. The van der Waals surface area contributed by atoms with Crippen molar-refractivity contribution >= 4 is 11.0 Å². The fourth-order valence-electron chi connectivity index (χ4n) is 2.79. The molecule has 0 spiro atoms. The number of nitrogens with one attached hydrogen (secondary N) is 1. The van der Waals surface area contributed by atoms with Gasteiger partial charge in [0.05, 0.1) is 16.7 Å². The van der Waals surface area contributed by atoms with E-state index in [0.717, 1.165) is 16.6 Å². The molecule has 0 amide bonds. The van der Waals surface area contributed by atoms with Crippen LogP contribution >= 0.6 is 0 Å². The number of hydrogen-bond acceptors (Lipinski definition) is 5. The zero-order valence-electron chi connectivity index (χ0n) is 13.6. The maximum atomic E-state index is 9.31. The Bertz CT molecular complexity index is 1150. The van der Waals surface area contributed by atoms with Crippen LogP contribution in [0, 0.1) is 22.7 Å². The summed E-state index contributed by atoms with van der Waals surface area (Å²) in [7, 11) is 0. The Morgan fingerprint density at radius 2 is 1.50 bits per heavy atom. The van der Waals surface area contributed by atoms with Crippen molar-refractivity contribution in [3.63, 3.8) is 0 Å². The van der Waals surface area contributed by atoms with E-state index in [0.29, 0.717) is 23.6 Å². The highest BCUT2D eigenvalue weighted by Gasteiger charge is 2.18. The summed E-state index contributed by atoms with van der Waals surface area (Å²) in [4.78, 5) is 16.6. The summed E-state index contributed by atoms with van der Waals surface area (Å²) in [5.74, 6) is 0.533. The van der Waals surface area contributed by atoms with Crippen LogP contribution in [-0.4, -0.2) is 19.9 Å². The molecule has 6 nitrogen and oxygen atoms in total. The normalized spacial score (nSPS) is 10.4. The summed E-state index contributed by atoms with van der Waals surface area (Å²) in [6.45, 7) is 0. The van der Waals surface area contributed by atoms with Gasteiger partial charge in [0.15, 0.2) is 17.2 Å². The number of para-hydroxylation sites is 2. The number of H-pyrrole nitrogens is 1. The van der Waals surface area contributed by atoms with Crippen LogP contribution in [0.1, 0.15) is 22.6 Å². The van der Waals surface area contributed by atoms with Crippen LogP contribution in [0.2, 0.25) is 0 Å². The van der Waals surface area contributed by atoms with Crippen LogP contribution < -0.4 is 0 Å². The minimum atomic E-state index is -0.000215. The van der Waals surface area contributed by atoms with Crippen molar-refractivity contribution in [1.82, 2.24) is 19.9 Å². The van der Waals surface area contributed by atoms with Gasteiger partial charge < -0.3 is 4.98 Å². The quantitative estimate of drug-likeness (QED) is 0.618. The smallest absolute Gasteiger partial charge is 0.177 e. The first-order valence-electron chi connectivity index (χ1n) is 7.98. The number of nitriles is 2. The predicted octanol–water partition coefficient (Wildman–Crippen LogP) is 3.35. The minimum absolute atomic E-state index is 0.000215. The number of hydrogen-bond donors (Lipinski definition) is 1. The van der Waals surface area contributed by atoms with Gasteiger partial charge in [-0.3, -0.25) is 0 Å². The SMILES string of the molecule is N#Cc1nc(Cc2ccccc2)c(-c2nc3ccccc3[nH]2)nc1C#N. The molecular formula is C20H12N6. The monoisotopic (exact) mass is 336 g/mol. The average Bonchev–Trinajstić information content (AvgIpc) is 3.12. The molecule has 0 aliphatic rings. The van der Waals surface area contributed by atoms with Crippen molar-refractivity contribution < 1.29 is 0 Å². The first-order chi connectivity index (χ1) is 12.8. The van der Waals surface area contributed by atoms with Crippen molar-refractivity contribution in [3.8, 4) is 23.7 Å². The van der Waals surface area contributed by atoms with Crippen molar-refractivity contribution in [1.29, 1.82) is 10.5 Å². The van der Waals surface area contributed by atoms with Gasteiger partial charge in [-0.1, -0.05) is 42.5 Å². The zero-order valence-corrected chi connectivity index (χ0v) is 13.6. The highest BCUT2D eigenvalue weighted by atomic mass is 15.0. The van der Waals surface area contributed by atoms with Gasteiger partial charge in [0.1, 0.15) is 17.8 Å². The number of rotatable bonds is 3. The first-order valence-corrected chi connectivity index (χ1v) is 7.98. The summed E-state index contributed by atoms with van der Waals surface area (Å²) in [6.07, 6.45) is 0.487. The number of aromatic nitrogens is 4. The fraction of sp³-hybridized carbons (Fsp3) is 0.0500. The summed E-state index contributed by atoms with van der Waals surface area (Å²) >= 11 is 0. The van der Waals surface area contributed by atoms with Gasteiger partial charge in [-0.05, 0) is 17.7 Å². The highest BCUT2D eigenvalue weighted by molar-refractivity contribution is 5.79. The lowest BCUT2D eigenvalue weighted by Crippen LogP contribution is -2.05. The molecule has 0 aliphatic carbocycles. The van der Waals surface area contributed by atoms with E-state index in [1.165, 1.54) is 0 Å². The van der Waals surface area contributed by atoms with Crippen molar-refractivity contribution in [2.24, 2.45) is 0 Å². The molecule has 26 heavy (non-hydrogen) atoms. The summed E-state index contributed by atoms with van der Waals surface area (Å²) in [5.41, 5.74) is 3.83. The third-order valence-electron chi connectivity index (χ3n) is 4.01. The number of aromatic amines is 1. The van der Waals surface area contributed by atoms with Gasteiger partial charge in [0, 0.05) is 6.42 Å². The Hall–Kier alpha value is -4.03. The number of fused-ring (bicyclic) bond motifs is 1. The van der Waals surface area contributed by atoms with E-state index < -0.39 is 0 Å². The maximum absolute atomic E-state index is 9.31. The Kier molecular flexibility index (Phi) is 3.85. The Balaban J connectivity index is 1.91. The van der Waals surface area contributed by atoms with E-state index in [2.05, 4.69) is 19.9 Å². The zero-order chi connectivity index (χ0) is 17.9. The molecule has 0 unspecified atom stereocenters. The highest BCUT2D eigenvalue weighted by Crippen LogP contribution is 2.24. The summed E-state index contributed by atoms with van der Waals surface area (Å²) in [6, 6.07) is 21.3. The molecule has 0 saturated carbocycles. The molecule has 4 aromatic rings. The lowest BCUT2D eigenvalue weighted by atomic mass is 10.1. The standard InChI is InChI=1S/C20H12N6/c21-11-17-18(12-22)24-19(16(23-17)10-13-6-2-1-3-7-13)20-25-14-8-4-5-9-15(14)26-20/h1-9H,10H2,(H,25,26). The van der Waals surface area contributed by atoms with Gasteiger partial charge in [0.25, 0.3) is 0 Å². The van der Waals surface area contributed by atoms with E-state index in [1.807, 2.05) is 66.7 Å². The Morgan fingerprint density at radius 3 is 2.23 bits per heavy atom. The molecular weight excluding hydrogens is 324 g/mol. The number of imidazole rings is 1. The molecule has 0 saturated heterocycles. The topological polar surface area (TPSA) is 102 Å². The predicted molar refractivity (Wildman–Crippen MR) is 95.8 cm³/mol. The first kappa shape index (κ1) is 15.5. The second-order valence-corrected chi connectivity index (χ2v) is 5.70.